The molecule has 5 heteroatoms. The smallest absolute Gasteiger partial charge is 0.267 e. The zero-order chi connectivity index (χ0) is 9.45. The van der Waals surface area contributed by atoms with Crippen molar-refractivity contribution in [2.24, 2.45) is 0 Å². The molecule has 0 saturated carbocycles. The first-order chi connectivity index (χ1) is 5.62. The molecule has 0 spiro atoms. The van der Waals surface area contributed by atoms with Crippen molar-refractivity contribution in [1.82, 2.24) is 0 Å². The normalized spacial score (nSPS) is 11.8. The van der Waals surface area contributed by atoms with Gasteiger partial charge in [-0.25, -0.2) is 0 Å². The minimum atomic E-state index is -3.26. The molecule has 0 heterocycles. The Kier molecular flexibility index (Phi) is 6.32. The van der Waals surface area contributed by atoms with Crippen LogP contribution in [0.4, 0.5) is 0 Å². The van der Waals surface area contributed by atoms with Gasteiger partial charge in [-0.1, -0.05) is 0 Å². The summed E-state index contributed by atoms with van der Waals surface area (Å²) < 4.78 is 31.2. The molecular formula is C7H16O4S. The van der Waals surface area contributed by atoms with Crippen molar-refractivity contribution in [2.75, 3.05) is 25.6 Å². The Labute approximate surface area is 74.0 Å². The van der Waals surface area contributed by atoms with Crippen molar-refractivity contribution in [3.63, 3.8) is 0 Å². The highest BCUT2D eigenvalue weighted by Crippen LogP contribution is 1.94. The lowest BCUT2D eigenvalue weighted by Crippen LogP contribution is -2.10. The van der Waals surface area contributed by atoms with Crippen molar-refractivity contribution in [3.05, 3.63) is 0 Å². The molecule has 0 bridgehead atoms. The maximum atomic E-state index is 10.8. The third-order valence-corrected chi connectivity index (χ3v) is 2.49. The number of hydrogen-bond acceptors (Lipinski definition) is 4. The van der Waals surface area contributed by atoms with E-state index in [1.807, 2.05) is 6.92 Å². The topological polar surface area (TPSA) is 52.6 Å². The third kappa shape index (κ3) is 6.57. The molecule has 12 heavy (non-hydrogen) atoms. The van der Waals surface area contributed by atoms with Crippen LogP contribution < -0.4 is 0 Å². The van der Waals surface area contributed by atoms with Gasteiger partial charge in [0, 0.05) is 13.2 Å². The molecule has 0 aromatic rings. The molecule has 0 unspecified atom stereocenters. The van der Waals surface area contributed by atoms with Gasteiger partial charge in [0.15, 0.2) is 0 Å². The van der Waals surface area contributed by atoms with E-state index in [1.54, 1.807) is 6.92 Å². The number of rotatable bonds is 7. The van der Waals surface area contributed by atoms with Gasteiger partial charge in [0.25, 0.3) is 10.1 Å². The Morgan fingerprint density at radius 2 is 1.83 bits per heavy atom. The van der Waals surface area contributed by atoms with Crippen LogP contribution in [-0.4, -0.2) is 34.0 Å². The molecule has 0 rings (SSSR count). The summed E-state index contributed by atoms with van der Waals surface area (Å²) in [6.45, 7) is 4.87. The maximum absolute atomic E-state index is 10.8. The van der Waals surface area contributed by atoms with Crippen LogP contribution in [0.5, 0.6) is 0 Å². The van der Waals surface area contributed by atoms with Crippen LogP contribution in [-0.2, 0) is 19.0 Å². The second-order valence-corrected chi connectivity index (χ2v) is 4.15. The SMILES string of the molecule is CCOCCCOS(=O)(=O)CC. The van der Waals surface area contributed by atoms with Crippen molar-refractivity contribution in [3.8, 4) is 0 Å². The van der Waals surface area contributed by atoms with E-state index < -0.39 is 10.1 Å². The summed E-state index contributed by atoms with van der Waals surface area (Å²) in [5.74, 6) is 0.0294. The predicted octanol–water partition coefficient (Wildman–Crippen LogP) is 0.779. The van der Waals surface area contributed by atoms with E-state index in [4.69, 9.17) is 4.74 Å². The zero-order valence-electron chi connectivity index (χ0n) is 7.58. The molecule has 4 nitrogen and oxygen atoms in total. The lowest BCUT2D eigenvalue weighted by Gasteiger charge is -2.02. The van der Waals surface area contributed by atoms with Crippen LogP contribution in [0.3, 0.4) is 0 Å². The first kappa shape index (κ1) is 11.9. The van der Waals surface area contributed by atoms with Crippen molar-refractivity contribution in [2.45, 2.75) is 20.3 Å². The summed E-state index contributed by atoms with van der Waals surface area (Å²) in [5, 5.41) is 0. The van der Waals surface area contributed by atoms with Gasteiger partial charge in [-0.15, -0.1) is 0 Å². The van der Waals surface area contributed by atoms with Crippen molar-refractivity contribution in [1.29, 1.82) is 0 Å². The molecule has 0 aliphatic carbocycles. The first-order valence-electron chi connectivity index (χ1n) is 4.07. The second-order valence-electron chi connectivity index (χ2n) is 2.22. The summed E-state index contributed by atoms with van der Waals surface area (Å²) in [7, 11) is -3.26. The Bertz CT molecular complexity index is 186. The fraction of sp³-hybridized carbons (Fsp3) is 1.00. The van der Waals surface area contributed by atoms with E-state index in [2.05, 4.69) is 4.18 Å². The predicted molar refractivity (Wildman–Crippen MR) is 46.5 cm³/mol. The summed E-state index contributed by atoms with van der Waals surface area (Å²) in [5.41, 5.74) is 0. The molecule has 0 fully saturated rings. The molecule has 0 amide bonds. The lowest BCUT2D eigenvalue weighted by molar-refractivity contribution is 0.132. The number of hydrogen-bond donors (Lipinski definition) is 0. The fourth-order valence-electron chi connectivity index (χ4n) is 0.575. The van der Waals surface area contributed by atoms with Gasteiger partial charge in [0.2, 0.25) is 0 Å². The van der Waals surface area contributed by atoms with Crippen LogP contribution in [0.1, 0.15) is 20.3 Å². The Morgan fingerprint density at radius 1 is 1.17 bits per heavy atom. The van der Waals surface area contributed by atoms with E-state index in [1.165, 1.54) is 0 Å². The van der Waals surface area contributed by atoms with Crippen molar-refractivity contribution >= 4 is 10.1 Å². The third-order valence-electron chi connectivity index (χ3n) is 1.25. The van der Waals surface area contributed by atoms with Gasteiger partial charge in [0.1, 0.15) is 0 Å². The highest BCUT2D eigenvalue weighted by Gasteiger charge is 2.05. The van der Waals surface area contributed by atoms with Gasteiger partial charge in [-0.2, -0.15) is 8.42 Å². The molecule has 0 aliphatic rings. The van der Waals surface area contributed by atoms with Crippen LogP contribution in [0.15, 0.2) is 0 Å². The quantitative estimate of drug-likeness (QED) is 0.446. The molecule has 0 aliphatic heterocycles. The Morgan fingerprint density at radius 3 is 2.33 bits per heavy atom. The zero-order valence-corrected chi connectivity index (χ0v) is 8.39. The molecule has 0 saturated heterocycles. The minimum Gasteiger partial charge on any atom is -0.382 e. The minimum absolute atomic E-state index is 0.0294. The monoisotopic (exact) mass is 196 g/mol. The largest absolute Gasteiger partial charge is 0.382 e. The maximum Gasteiger partial charge on any atom is 0.267 e. The van der Waals surface area contributed by atoms with Crippen LogP contribution in [0.2, 0.25) is 0 Å². The summed E-state index contributed by atoms with van der Waals surface area (Å²) in [4.78, 5) is 0. The van der Waals surface area contributed by atoms with Gasteiger partial charge in [0.05, 0.1) is 12.4 Å². The molecule has 0 radical (unpaired) electrons. The summed E-state index contributed by atoms with van der Waals surface area (Å²) in [6, 6.07) is 0. The fourth-order valence-corrected chi connectivity index (χ4v) is 1.11. The van der Waals surface area contributed by atoms with Gasteiger partial charge < -0.3 is 4.74 Å². The van der Waals surface area contributed by atoms with Gasteiger partial charge in [-0.05, 0) is 20.3 Å². The van der Waals surface area contributed by atoms with E-state index >= 15 is 0 Å². The van der Waals surface area contributed by atoms with E-state index in [-0.39, 0.29) is 12.4 Å². The average Bonchev–Trinajstić information content (AvgIpc) is 2.04. The Hall–Kier alpha value is -0.130. The molecule has 0 aromatic carbocycles. The van der Waals surface area contributed by atoms with Crippen LogP contribution >= 0.6 is 0 Å². The molecule has 0 atom stereocenters. The molecular weight excluding hydrogens is 180 g/mol. The first-order valence-corrected chi connectivity index (χ1v) is 5.65. The average molecular weight is 196 g/mol. The van der Waals surface area contributed by atoms with Crippen molar-refractivity contribution < 1.29 is 17.3 Å². The summed E-state index contributed by atoms with van der Waals surface area (Å²) in [6.07, 6.45) is 0.618. The Balaban J connectivity index is 3.32. The number of ether oxygens (including phenoxy) is 1. The van der Waals surface area contributed by atoms with Crippen LogP contribution in [0, 0.1) is 0 Å². The standard InChI is InChI=1S/C7H16O4S/c1-3-10-6-5-7-11-12(8,9)4-2/h3-7H2,1-2H3. The lowest BCUT2D eigenvalue weighted by atomic mass is 10.5. The highest BCUT2D eigenvalue weighted by molar-refractivity contribution is 7.86. The molecule has 0 N–H and O–H groups in total. The molecule has 74 valence electrons. The van der Waals surface area contributed by atoms with E-state index in [0.29, 0.717) is 19.6 Å². The second kappa shape index (κ2) is 6.39. The van der Waals surface area contributed by atoms with Gasteiger partial charge in [-0.3, -0.25) is 4.18 Å². The van der Waals surface area contributed by atoms with Gasteiger partial charge >= 0.3 is 0 Å². The molecule has 0 aromatic heterocycles. The van der Waals surface area contributed by atoms with E-state index in [9.17, 15) is 8.42 Å². The highest BCUT2D eigenvalue weighted by atomic mass is 32.2. The van der Waals surface area contributed by atoms with Crippen LogP contribution in [0.25, 0.3) is 0 Å². The summed E-state index contributed by atoms with van der Waals surface area (Å²) >= 11 is 0. The van der Waals surface area contributed by atoms with E-state index in [0.717, 1.165) is 0 Å².